The summed E-state index contributed by atoms with van der Waals surface area (Å²) in [6.07, 6.45) is 5.08. The first kappa shape index (κ1) is 16.5. The Morgan fingerprint density at radius 2 is 2.13 bits per heavy atom. The van der Waals surface area contributed by atoms with Gasteiger partial charge < -0.3 is 10.0 Å². The lowest BCUT2D eigenvalue weighted by molar-refractivity contribution is 0.0687. The van der Waals surface area contributed by atoms with E-state index < -0.39 is 5.97 Å². The van der Waals surface area contributed by atoms with Crippen molar-refractivity contribution in [1.82, 2.24) is 19.6 Å². The summed E-state index contributed by atoms with van der Waals surface area (Å²) in [6.45, 7) is 7.38. The number of aryl methyl sites for hydroxylation is 1. The largest absolute Gasteiger partial charge is 0.476 e. The number of nitrogens with zero attached hydrogens (tertiary/aromatic N) is 4. The lowest BCUT2D eigenvalue weighted by Crippen LogP contribution is -2.41. The standard InChI is InChI=1S/C17H28N4O2/c1-3-7-21-15-6-5-13(12-14(15)16(18-21)17(22)23)20-9-4-8-19(2)10-11-20/h13H,3-12H2,1-2H3,(H,22,23)/t13-/m0/s1. The van der Waals surface area contributed by atoms with Crippen LogP contribution in [0.25, 0.3) is 0 Å². The third-order valence-corrected chi connectivity index (χ3v) is 5.23. The zero-order valence-electron chi connectivity index (χ0n) is 14.3. The second-order valence-corrected chi connectivity index (χ2v) is 6.89. The summed E-state index contributed by atoms with van der Waals surface area (Å²) >= 11 is 0. The van der Waals surface area contributed by atoms with Gasteiger partial charge in [-0.15, -0.1) is 0 Å². The van der Waals surface area contributed by atoms with E-state index in [2.05, 4.69) is 28.9 Å². The first-order valence-corrected chi connectivity index (χ1v) is 8.84. The average molecular weight is 320 g/mol. The fraction of sp³-hybridized carbons (Fsp3) is 0.765. The van der Waals surface area contributed by atoms with Gasteiger partial charge in [-0.1, -0.05) is 6.92 Å². The van der Waals surface area contributed by atoms with Crippen molar-refractivity contribution in [1.29, 1.82) is 0 Å². The summed E-state index contributed by atoms with van der Waals surface area (Å²) in [5, 5.41) is 13.9. The molecular weight excluding hydrogens is 292 g/mol. The lowest BCUT2D eigenvalue weighted by atomic mass is 9.90. The van der Waals surface area contributed by atoms with E-state index in [0.29, 0.717) is 6.04 Å². The Morgan fingerprint density at radius 1 is 1.30 bits per heavy atom. The predicted octanol–water partition coefficient (Wildman–Crippen LogP) is 1.49. The monoisotopic (exact) mass is 320 g/mol. The molecule has 3 rings (SSSR count). The summed E-state index contributed by atoms with van der Waals surface area (Å²) in [5.41, 5.74) is 2.43. The Morgan fingerprint density at radius 3 is 2.87 bits per heavy atom. The summed E-state index contributed by atoms with van der Waals surface area (Å²) in [6, 6.07) is 0.464. The molecule has 128 valence electrons. The van der Waals surface area contributed by atoms with Gasteiger partial charge in [-0.2, -0.15) is 5.10 Å². The maximum atomic E-state index is 11.6. The number of carboxylic acid groups (broad SMARTS) is 1. The molecule has 1 aliphatic heterocycles. The number of aromatic nitrogens is 2. The van der Waals surface area contributed by atoms with Crippen molar-refractivity contribution in [3.8, 4) is 0 Å². The molecule has 0 bridgehead atoms. The van der Waals surface area contributed by atoms with Gasteiger partial charge in [0, 0.05) is 36.9 Å². The smallest absolute Gasteiger partial charge is 0.356 e. The highest BCUT2D eigenvalue weighted by atomic mass is 16.4. The molecule has 1 aromatic rings. The molecular formula is C17H28N4O2. The van der Waals surface area contributed by atoms with Gasteiger partial charge in [-0.3, -0.25) is 9.58 Å². The predicted molar refractivity (Wildman–Crippen MR) is 89.0 cm³/mol. The van der Waals surface area contributed by atoms with E-state index in [4.69, 9.17) is 0 Å². The van der Waals surface area contributed by atoms with Crippen LogP contribution in [0.15, 0.2) is 0 Å². The molecule has 0 unspecified atom stereocenters. The van der Waals surface area contributed by atoms with Gasteiger partial charge in [0.25, 0.3) is 0 Å². The molecule has 0 spiro atoms. The molecule has 1 aromatic heterocycles. The first-order valence-electron chi connectivity index (χ1n) is 8.84. The zero-order valence-corrected chi connectivity index (χ0v) is 14.3. The summed E-state index contributed by atoms with van der Waals surface area (Å²) in [7, 11) is 2.18. The molecule has 1 fully saturated rings. The highest BCUT2D eigenvalue weighted by Crippen LogP contribution is 2.28. The maximum Gasteiger partial charge on any atom is 0.356 e. The molecule has 0 amide bonds. The van der Waals surface area contributed by atoms with Gasteiger partial charge in [-0.25, -0.2) is 4.79 Å². The summed E-state index contributed by atoms with van der Waals surface area (Å²) < 4.78 is 1.94. The minimum Gasteiger partial charge on any atom is -0.476 e. The molecule has 2 heterocycles. The normalized spacial score (nSPS) is 23.5. The van der Waals surface area contributed by atoms with Gasteiger partial charge in [0.05, 0.1) is 0 Å². The van der Waals surface area contributed by atoms with Crippen LogP contribution in [0.4, 0.5) is 0 Å². The number of carbonyl (C=O) groups is 1. The van der Waals surface area contributed by atoms with Crippen molar-refractivity contribution >= 4 is 5.97 Å². The molecule has 23 heavy (non-hydrogen) atoms. The molecule has 2 aliphatic rings. The zero-order chi connectivity index (χ0) is 16.4. The Labute approximate surface area is 138 Å². The van der Waals surface area contributed by atoms with Gasteiger partial charge in [-0.05, 0) is 52.2 Å². The molecule has 1 N–H and O–H groups in total. The minimum absolute atomic E-state index is 0.282. The van der Waals surface area contributed by atoms with E-state index in [0.717, 1.165) is 69.7 Å². The average Bonchev–Trinajstić information content (AvgIpc) is 2.74. The highest BCUT2D eigenvalue weighted by Gasteiger charge is 2.31. The van der Waals surface area contributed by atoms with Crippen LogP contribution in [-0.4, -0.2) is 69.9 Å². The van der Waals surface area contributed by atoms with Crippen LogP contribution in [-0.2, 0) is 19.4 Å². The summed E-state index contributed by atoms with van der Waals surface area (Å²) in [4.78, 5) is 16.5. The van der Waals surface area contributed by atoms with Crippen molar-refractivity contribution in [3.63, 3.8) is 0 Å². The molecule has 1 aliphatic carbocycles. The van der Waals surface area contributed by atoms with E-state index in [-0.39, 0.29) is 5.69 Å². The number of aromatic carboxylic acids is 1. The molecule has 1 atom stereocenters. The Bertz CT molecular complexity index is 569. The van der Waals surface area contributed by atoms with Crippen molar-refractivity contribution < 1.29 is 9.90 Å². The second-order valence-electron chi connectivity index (χ2n) is 6.89. The fourth-order valence-corrected chi connectivity index (χ4v) is 3.98. The van der Waals surface area contributed by atoms with Crippen LogP contribution in [0.1, 0.15) is 47.9 Å². The van der Waals surface area contributed by atoms with Crippen molar-refractivity contribution in [2.24, 2.45) is 0 Å². The quantitative estimate of drug-likeness (QED) is 0.911. The van der Waals surface area contributed by atoms with Crippen LogP contribution in [0.3, 0.4) is 0 Å². The number of carboxylic acids is 1. The van der Waals surface area contributed by atoms with E-state index >= 15 is 0 Å². The Hall–Kier alpha value is -1.40. The minimum atomic E-state index is -0.882. The molecule has 6 heteroatoms. The van der Waals surface area contributed by atoms with E-state index in [1.807, 2.05) is 4.68 Å². The topological polar surface area (TPSA) is 61.6 Å². The maximum absolute atomic E-state index is 11.6. The van der Waals surface area contributed by atoms with Crippen molar-refractivity contribution in [2.75, 3.05) is 33.2 Å². The van der Waals surface area contributed by atoms with Crippen LogP contribution >= 0.6 is 0 Å². The SMILES string of the molecule is CCCn1nc(C(=O)O)c2c1CC[C@H](N1CCCN(C)CC1)C2. The molecule has 6 nitrogen and oxygen atoms in total. The Kier molecular flexibility index (Phi) is 5.02. The van der Waals surface area contributed by atoms with Crippen LogP contribution in [0.5, 0.6) is 0 Å². The Balaban J connectivity index is 1.80. The van der Waals surface area contributed by atoms with Gasteiger partial charge in [0.1, 0.15) is 0 Å². The van der Waals surface area contributed by atoms with E-state index in [9.17, 15) is 9.90 Å². The van der Waals surface area contributed by atoms with Gasteiger partial charge in [0.15, 0.2) is 5.69 Å². The third kappa shape index (κ3) is 3.43. The number of fused-ring (bicyclic) bond motifs is 1. The van der Waals surface area contributed by atoms with E-state index in [1.54, 1.807) is 0 Å². The lowest BCUT2D eigenvalue weighted by Gasteiger charge is -2.33. The van der Waals surface area contributed by atoms with Gasteiger partial charge in [0.2, 0.25) is 0 Å². The number of likely N-dealkylation sites (N-methyl/N-ethyl adjacent to an activating group) is 1. The van der Waals surface area contributed by atoms with Crippen LogP contribution in [0.2, 0.25) is 0 Å². The number of rotatable bonds is 4. The molecule has 0 radical (unpaired) electrons. The van der Waals surface area contributed by atoms with Crippen molar-refractivity contribution in [2.45, 2.75) is 51.6 Å². The first-order chi connectivity index (χ1) is 11.1. The highest BCUT2D eigenvalue weighted by molar-refractivity contribution is 5.87. The third-order valence-electron chi connectivity index (χ3n) is 5.23. The van der Waals surface area contributed by atoms with Crippen molar-refractivity contribution in [3.05, 3.63) is 17.0 Å². The number of hydrogen-bond donors (Lipinski definition) is 1. The molecule has 0 aromatic carbocycles. The molecule has 1 saturated heterocycles. The molecule has 0 saturated carbocycles. The van der Waals surface area contributed by atoms with Crippen LogP contribution in [0, 0.1) is 0 Å². The fourth-order valence-electron chi connectivity index (χ4n) is 3.98. The van der Waals surface area contributed by atoms with E-state index in [1.165, 1.54) is 6.42 Å². The van der Waals surface area contributed by atoms with Crippen LogP contribution < -0.4 is 0 Å². The van der Waals surface area contributed by atoms with Gasteiger partial charge >= 0.3 is 5.97 Å². The summed E-state index contributed by atoms with van der Waals surface area (Å²) in [5.74, 6) is -0.882. The second kappa shape index (κ2) is 7.01. The number of hydrogen-bond acceptors (Lipinski definition) is 4.